The molecule has 9 heteroatoms. The number of methoxy groups -OCH3 is 1. The van der Waals surface area contributed by atoms with Crippen molar-refractivity contribution in [1.82, 2.24) is 10.2 Å². The third kappa shape index (κ3) is 5.82. The van der Waals surface area contributed by atoms with Gasteiger partial charge in [0.1, 0.15) is 6.54 Å². The number of carbonyl (C=O) groups excluding carboxylic acids is 2. The van der Waals surface area contributed by atoms with Gasteiger partial charge in [-0.15, -0.1) is 0 Å². The van der Waals surface area contributed by atoms with E-state index >= 15 is 0 Å². The molecule has 2 amide bonds. The molecular formula is C17H21F3N2O4. The number of alkyl halides is 3. The van der Waals surface area contributed by atoms with Crippen molar-refractivity contribution in [3.63, 3.8) is 0 Å². The highest BCUT2D eigenvalue weighted by Gasteiger charge is 2.31. The van der Waals surface area contributed by atoms with Crippen molar-refractivity contribution in [2.45, 2.75) is 19.0 Å². The van der Waals surface area contributed by atoms with Crippen molar-refractivity contribution in [2.75, 3.05) is 33.4 Å². The third-order valence-electron chi connectivity index (χ3n) is 4.10. The normalized spacial score (nSPS) is 15.5. The molecule has 2 rings (SSSR count). The minimum Gasteiger partial charge on any atom is -0.493 e. The molecule has 144 valence electrons. The number of nitrogens with one attached hydrogen (secondary N) is 1. The summed E-state index contributed by atoms with van der Waals surface area (Å²) in [6.45, 7) is -0.903. The number of piperidine rings is 1. The number of carbonyl (C=O) groups is 2. The Morgan fingerprint density at radius 2 is 1.81 bits per heavy atom. The largest absolute Gasteiger partial charge is 0.493 e. The maximum Gasteiger partial charge on any atom is 0.405 e. The third-order valence-corrected chi connectivity index (χ3v) is 4.10. The molecule has 1 N–H and O–H groups in total. The van der Waals surface area contributed by atoms with E-state index in [4.69, 9.17) is 9.47 Å². The number of para-hydroxylation sites is 2. The Bertz CT molecular complexity index is 629. The molecular weight excluding hydrogens is 353 g/mol. The number of halogens is 3. The summed E-state index contributed by atoms with van der Waals surface area (Å²) < 4.78 is 47.0. The average Bonchev–Trinajstić information content (AvgIpc) is 2.64. The van der Waals surface area contributed by atoms with E-state index < -0.39 is 24.5 Å². The number of nitrogens with zero attached hydrogens (tertiary/aromatic N) is 1. The van der Waals surface area contributed by atoms with Crippen LogP contribution in [0, 0.1) is 5.92 Å². The number of rotatable bonds is 6. The zero-order valence-corrected chi connectivity index (χ0v) is 14.3. The van der Waals surface area contributed by atoms with Gasteiger partial charge in [-0.3, -0.25) is 9.59 Å². The summed E-state index contributed by atoms with van der Waals surface area (Å²) in [5.41, 5.74) is 0. The monoisotopic (exact) mass is 374 g/mol. The Kier molecular flexibility index (Phi) is 6.70. The summed E-state index contributed by atoms with van der Waals surface area (Å²) in [5, 5.41) is 1.89. The average molecular weight is 374 g/mol. The van der Waals surface area contributed by atoms with E-state index in [-0.39, 0.29) is 12.5 Å². The van der Waals surface area contributed by atoms with Crippen molar-refractivity contribution in [3.05, 3.63) is 24.3 Å². The molecule has 26 heavy (non-hydrogen) atoms. The Hall–Kier alpha value is -2.45. The highest BCUT2D eigenvalue weighted by atomic mass is 19.4. The number of benzene rings is 1. The van der Waals surface area contributed by atoms with Gasteiger partial charge in [0.15, 0.2) is 18.1 Å². The van der Waals surface area contributed by atoms with Crippen LogP contribution in [0.25, 0.3) is 0 Å². The van der Waals surface area contributed by atoms with Crippen LogP contribution < -0.4 is 14.8 Å². The molecule has 1 aliphatic rings. The summed E-state index contributed by atoms with van der Waals surface area (Å²) in [4.78, 5) is 25.5. The van der Waals surface area contributed by atoms with Crippen molar-refractivity contribution in [3.8, 4) is 11.5 Å². The number of amides is 2. The second kappa shape index (κ2) is 8.77. The van der Waals surface area contributed by atoms with Crippen molar-refractivity contribution < 1.29 is 32.2 Å². The molecule has 0 aromatic heterocycles. The predicted octanol–water partition coefficient (Wildman–Crippen LogP) is 1.99. The summed E-state index contributed by atoms with van der Waals surface area (Å²) in [6, 6.07) is 6.93. The van der Waals surface area contributed by atoms with Crippen LogP contribution in [-0.2, 0) is 9.59 Å². The maximum atomic E-state index is 12.2. The van der Waals surface area contributed by atoms with Crippen LogP contribution in [0.1, 0.15) is 12.8 Å². The van der Waals surface area contributed by atoms with Gasteiger partial charge in [-0.05, 0) is 25.0 Å². The molecule has 0 aliphatic carbocycles. The zero-order chi connectivity index (χ0) is 19.2. The zero-order valence-electron chi connectivity index (χ0n) is 14.3. The standard InChI is InChI=1S/C17H21F3N2O4/c1-25-13-4-2-3-5-14(13)26-10-15(23)22-8-6-12(7-9-22)16(24)21-11-17(18,19)20/h2-5,12H,6-11H2,1H3,(H,21,24). The number of hydrogen-bond acceptors (Lipinski definition) is 4. The van der Waals surface area contributed by atoms with Gasteiger partial charge in [-0.2, -0.15) is 13.2 Å². The van der Waals surface area contributed by atoms with Gasteiger partial charge in [0.05, 0.1) is 7.11 Å². The first-order valence-corrected chi connectivity index (χ1v) is 8.18. The summed E-state index contributed by atoms with van der Waals surface area (Å²) in [6.07, 6.45) is -3.78. The van der Waals surface area contributed by atoms with Gasteiger partial charge in [-0.25, -0.2) is 0 Å². The van der Waals surface area contributed by atoms with Gasteiger partial charge in [0.2, 0.25) is 5.91 Å². The lowest BCUT2D eigenvalue weighted by atomic mass is 9.96. The molecule has 0 saturated carbocycles. The summed E-state index contributed by atoms with van der Waals surface area (Å²) in [7, 11) is 1.50. The molecule has 0 spiro atoms. The van der Waals surface area contributed by atoms with Gasteiger partial charge in [0.25, 0.3) is 5.91 Å². The van der Waals surface area contributed by atoms with Gasteiger partial charge in [-0.1, -0.05) is 12.1 Å². The van der Waals surface area contributed by atoms with Crippen LogP contribution >= 0.6 is 0 Å². The first-order valence-electron chi connectivity index (χ1n) is 8.18. The van der Waals surface area contributed by atoms with Gasteiger partial charge in [0, 0.05) is 19.0 Å². The smallest absolute Gasteiger partial charge is 0.405 e. The molecule has 1 fully saturated rings. The fraction of sp³-hybridized carbons (Fsp3) is 0.529. The Labute approximate surface area is 149 Å². The predicted molar refractivity (Wildman–Crippen MR) is 86.9 cm³/mol. The fourth-order valence-electron chi connectivity index (χ4n) is 2.69. The number of ether oxygens (including phenoxy) is 2. The molecule has 0 radical (unpaired) electrons. The lowest BCUT2D eigenvalue weighted by Crippen LogP contribution is -2.45. The van der Waals surface area contributed by atoms with Crippen LogP contribution in [-0.4, -0.2) is 56.2 Å². The van der Waals surface area contributed by atoms with Crippen molar-refractivity contribution >= 4 is 11.8 Å². The van der Waals surface area contributed by atoms with Crippen LogP contribution in [0.2, 0.25) is 0 Å². The minimum absolute atomic E-state index is 0.175. The van der Waals surface area contributed by atoms with Gasteiger partial charge < -0.3 is 19.7 Å². The summed E-state index contributed by atoms with van der Waals surface area (Å²) >= 11 is 0. The second-order valence-corrected chi connectivity index (χ2v) is 5.93. The van der Waals surface area contributed by atoms with Crippen LogP contribution in [0.15, 0.2) is 24.3 Å². The first-order chi connectivity index (χ1) is 12.3. The Morgan fingerprint density at radius 1 is 1.19 bits per heavy atom. The summed E-state index contributed by atoms with van der Waals surface area (Å²) in [5.74, 6) is -0.425. The van der Waals surface area contributed by atoms with E-state index in [0.29, 0.717) is 37.4 Å². The van der Waals surface area contributed by atoms with Crippen LogP contribution in [0.4, 0.5) is 13.2 Å². The van der Waals surface area contributed by atoms with Crippen LogP contribution in [0.3, 0.4) is 0 Å². The van der Waals surface area contributed by atoms with E-state index in [0.717, 1.165) is 0 Å². The van der Waals surface area contributed by atoms with E-state index in [2.05, 4.69) is 0 Å². The molecule has 1 saturated heterocycles. The highest BCUT2D eigenvalue weighted by Crippen LogP contribution is 2.26. The fourth-order valence-corrected chi connectivity index (χ4v) is 2.69. The van der Waals surface area contributed by atoms with E-state index in [9.17, 15) is 22.8 Å². The quantitative estimate of drug-likeness (QED) is 0.827. The molecule has 0 atom stereocenters. The second-order valence-electron chi connectivity index (χ2n) is 5.93. The van der Waals surface area contributed by atoms with Crippen molar-refractivity contribution in [2.24, 2.45) is 5.92 Å². The topological polar surface area (TPSA) is 67.9 Å². The molecule has 6 nitrogen and oxygen atoms in total. The minimum atomic E-state index is -4.43. The Balaban J connectivity index is 1.76. The highest BCUT2D eigenvalue weighted by molar-refractivity contribution is 5.80. The molecule has 1 aliphatic heterocycles. The van der Waals surface area contributed by atoms with Gasteiger partial charge >= 0.3 is 6.18 Å². The lowest BCUT2D eigenvalue weighted by Gasteiger charge is -2.31. The number of likely N-dealkylation sites (tertiary alicyclic amines) is 1. The molecule has 0 unspecified atom stereocenters. The Morgan fingerprint density at radius 3 is 2.38 bits per heavy atom. The SMILES string of the molecule is COc1ccccc1OCC(=O)N1CCC(C(=O)NCC(F)(F)F)CC1. The molecule has 1 aromatic carbocycles. The first kappa shape index (κ1) is 19.9. The maximum absolute atomic E-state index is 12.2. The van der Waals surface area contributed by atoms with E-state index in [1.165, 1.54) is 7.11 Å². The lowest BCUT2D eigenvalue weighted by molar-refractivity contribution is -0.143. The van der Waals surface area contributed by atoms with E-state index in [1.54, 1.807) is 29.2 Å². The molecule has 0 bridgehead atoms. The molecule has 1 aromatic rings. The van der Waals surface area contributed by atoms with Crippen LogP contribution in [0.5, 0.6) is 11.5 Å². The number of hydrogen-bond donors (Lipinski definition) is 1. The van der Waals surface area contributed by atoms with E-state index in [1.807, 2.05) is 5.32 Å². The van der Waals surface area contributed by atoms with Crippen molar-refractivity contribution in [1.29, 1.82) is 0 Å². The molecule has 1 heterocycles.